The number of nitrogens with two attached hydrogens (primary N) is 1. The maximum atomic E-state index is 10.9. The summed E-state index contributed by atoms with van der Waals surface area (Å²) in [5.74, 6) is -1.25. The molecule has 1 rings (SSSR count). The van der Waals surface area contributed by atoms with Crippen LogP contribution in [0, 0.1) is 13.8 Å². The van der Waals surface area contributed by atoms with Crippen molar-refractivity contribution in [2.75, 3.05) is 0 Å². The lowest BCUT2D eigenvalue weighted by atomic mass is 10.2. The average molecular weight is 224 g/mol. The lowest BCUT2D eigenvalue weighted by Crippen LogP contribution is -2.12. The highest BCUT2D eigenvalue weighted by atomic mass is 16.4. The van der Waals surface area contributed by atoms with Crippen molar-refractivity contribution < 1.29 is 14.7 Å². The molecule has 1 heterocycles. The molecule has 5 heteroatoms. The van der Waals surface area contributed by atoms with Crippen LogP contribution in [-0.2, 0) is 11.3 Å². The Morgan fingerprint density at radius 2 is 2.06 bits per heavy atom. The maximum absolute atomic E-state index is 10.9. The summed E-state index contributed by atoms with van der Waals surface area (Å²) in [4.78, 5) is 21.5. The Kier molecular flexibility index (Phi) is 3.71. The van der Waals surface area contributed by atoms with Gasteiger partial charge in [-0.25, -0.2) is 4.79 Å². The van der Waals surface area contributed by atoms with Gasteiger partial charge in [0.2, 0.25) is 5.91 Å². The summed E-state index contributed by atoms with van der Waals surface area (Å²) in [6, 6.07) is 1.64. The van der Waals surface area contributed by atoms with Gasteiger partial charge in [-0.1, -0.05) is 0 Å². The third-order valence-corrected chi connectivity index (χ3v) is 2.61. The number of carbonyl (C=O) groups excluding carboxylic acids is 1. The van der Waals surface area contributed by atoms with Crippen molar-refractivity contribution in [3.05, 3.63) is 23.0 Å². The highest BCUT2D eigenvalue weighted by Gasteiger charge is 2.14. The molecule has 1 aromatic heterocycles. The number of aromatic nitrogens is 1. The number of amides is 1. The molecule has 0 aromatic carbocycles. The number of hydrogen-bond donors (Lipinski definition) is 2. The number of carbonyl (C=O) groups is 2. The molecule has 3 N–H and O–H groups in total. The summed E-state index contributed by atoms with van der Waals surface area (Å²) in [5, 5.41) is 8.93. The van der Waals surface area contributed by atoms with Crippen LogP contribution in [0.4, 0.5) is 0 Å². The first-order valence-corrected chi connectivity index (χ1v) is 5.11. The molecule has 0 radical (unpaired) electrons. The molecule has 0 aliphatic heterocycles. The fourth-order valence-electron chi connectivity index (χ4n) is 1.77. The summed E-state index contributed by atoms with van der Waals surface area (Å²) >= 11 is 0. The highest BCUT2D eigenvalue weighted by molar-refractivity contribution is 5.89. The van der Waals surface area contributed by atoms with E-state index in [1.807, 2.05) is 11.5 Å². The van der Waals surface area contributed by atoms with E-state index < -0.39 is 5.97 Å². The topological polar surface area (TPSA) is 85.3 Å². The number of carboxylic acid groups (broad SMARTS) is 1. The Morgan fingerprint density at radius 3 is 2.50 bits per heavy atom. The van der Waals surface area contributed by atoms with Gasteiger partial charge in [-0.2, -0.15) is 0 Å². The minimum Gasteiger partial charge on any atom is -0.478 e. The lowest BCUT2D eigenvalue weighted by molar-refractivity contribution is -0.118. The molecule has 0 fully saturated rings. The molecule has 0 aliphatic rings. The number of primary amides is 1. The standard InChI is InChI=1S/C11H16N2O3/c1-7-6-9(11(15)16)8(2)13(7)5-3-4-10(12)14/h6H,3-5H2,1-2H3,(H2,12,14)(H,15,16). The van der Waals surface area contributed by atoms with Crippen molar-refractivity contribution in [1.29, 1.82) is 0 Å². The maximum Gasteiger partial charge on any atom is 0.337 e. The molecular weight excluding hydrogens is 208 g/mol. The molecule has 16 heavy (non-hydrogen) atoms. The number of nitrogens with zero attached hydrogens (tertiary/aromatic N) is 1. The van der Waals surface area contributed by atoms with Gasteiger partial charge < -0.3 is 15.4 Å². The molecular formula is C11H16N2O3. The quantitative estimate of drug-likeness (QED) is 0.784. The zero-order valence-corrected chi connectivity index (χ0v) is 9.49. The van der Waals surface area contributed by atoms with E-state index in [9.17, 15) is 9.59 Å². The molecule has 1 amide bonds. The predicted molar refractivity (Wildman–Crippen MR) is 59.3 cm³/mol. The fraction of sp³-hybridized carbons (Fsp3) is 0.455. The first kappa shape index (κ1) is 12.3. The molecule has 0 saturated heterocycles. The van der Waals surface area contributed by atoms with E-state index in [-0.39, 0.29) is 5.91 Å². The normalized spacial score (nSPS) is 10.4. The molecule has 88 valence electrons. The second kappa shape index (κ2) is 4.83. The molecule has 0 atom stereocenters. The largest absolute Gasteiger partial charge is 0.478 e. The Balaban J connectivity index is 2.80. The summed E-state index contributed by atoms with van der Waals surface area (Å²) in [7, 11) is 0. The summed E-state index contributed by atoms with van der Waals surface area (Å²) < 4.78 is 1.90. The second-order valence-electron chi connectivity index (χ2n) is 3.81. The third-order valence-electron chi connectivity index (χ3n) is 2.61. The van der Waals surface area contributed by atoms with Crippen molar-refractivity contribution in [3.8, 4) is 0 Å². The van der Waals surface area contributed by atoms with Crippen molar-refractivity contribution in [2.24, 2.45) is 5.73 Å². The van der Waals surface area contributed by atoms with Crippen LogP contribution in [0.25, 0.3) is 0 Å². The van der Waals surface area contributed by atoms with Crippen LogP contribution < -0.4 is 5.73 Å². The minimum atomic E-state index is -0.922. The molecule has 5 nitrogen and oxygen atoms in total. The molecule has 0 saturated carbocycles. The number of aromatic carboxylic acids is 1. The van der Waals surface area contributed by atoms with Gasteiger partial charge in [0.15, 0.2) is 0 Å². The molecule has 0 unspecified atom stereocenters. The second-order valence-corrected chi connectivity index (χ2v) is 3.81. The number of carboxylic acids is 1. The zero-order chi connectivity index (χ0) is 12.3. The van der Waals surface area contributed by atoms with Gasteiger partial charge in [-0.3, -0.25) is 4.79 Å². The van der Waals surface area contributed by atoms with Gasteiger partial charge in [0.25, 0.3) is 0 Å². The SMILES string of the molecule is Cc1cc(C(=O)O)c(C)n1CCCC(N)=O. The van der Waals surface area contributed by atoms with Gasteiger partial charge in [-0.15, -0.1) is 0 Å². The smallest absolute Gasteiger partial charge is 0.337 e. The van der Waals surface area contributed by atoms with Gasteiger partial charge in [0.1, 0.15) is 0 Å². The Morgan fingerprint density at radius 1 is 1.44 bits per heavy atom. The van der Waals surface area contributed by atoms with E-state index >= 15 is 0 Å². The fourth-order valence-corrected chi connectivity index (χ4v) is 1.77. The van der Waals surface area contributed by atoms with E-state index in [2.05, 4.69) is 0 Å². The number of hydrogen-bond acceptors (Lipinski definition) is 2. The van der Waals surface area contributed by atoms with Crippen molar-refractivity contribution in [3.63, 3.8) is 0 Å². The molecule has 0 bridgehead atoms. The van der Waals surface area contributed by atoms with Crippen molar-refractivity contribution in [2.45, 2.75) is 33.2 Å². The first-order valence-electron chi connectivity index (χ1n) is 5.11. The van der Waals surface area contributed by atoms with Gasteiger partial charge in [-0.05, 0) is 26.3 Å². The van der Waals surface area contributed by atoms with Gasteiger partial charge in [0.05, 0.1) is 5.56 Å². The third kappa shape index (κ3) is 2.62. The summed E-state index contributed by atoms with van der Waals surface area (Å²) in [6.07, 6.45) is 0.949. The van der Waals surface area contributed by atoms with E-state index in [0.717, 1.165) is 11.4 Å². The first-order chi connectivity index (χ1) is 7.43. The van der Waals surface area contributed by atoms with Crippen molar-refractivity contribution >= 4 is 11.9 Å². The highest BCUT2D eigenvalue weighted by Crippen LogP contribution is 2.15. The van der Waals surface area contributed by atoms with Crippen molar-refractivity contribution in [1.82, 2.24) is 4.57 Å². The van der Waals surface area contributed by atoms with Crippen LogP contribution in [0.2, 0.25) is 0 Å². The van der Waals surface area contributed by atoms with Gasteiger partial charge >= 0.3 is 5.97 Å². The van der Waals surface area contributed by atoms with Crippen LogP contribution in [-0.4, -0.2) is 21.6 Å². The minimum absolute atomic E-state index is 0.316. The predicted octanol–water partition coefficient (Wildman–Crippen LogP) is 1.07. The van der Waals surface area contributed by atoms with Gasteiger partial charge in [0, 0.05) is 24.4 Å². The molecule has 1 aromatic rings. The van der Waals surface area contributed by atoms with Crippen LogP contribution >= 0.6 is 0 Å². The zero-order valence-electron chi connectivity index (χ0n) is 9.49. The van der Waals surface area contributed by atoms with E-state index in [1.165, 1.54) is 0 Å². The number of aryl methyl sites for hydroxylation is 1. The Hall–Kier alpha value is -1.78. The molecule has 0 spiro atoms. The van der Waals surface area contributed by atoms with Crippen LogP contribution in [0.1, 0.15) is 34.6 Å². The summed E-state index contributed by atoms with van der Waals surface area (Å²) in [6.45, 7) is 4.23. The lowest BCUT2D eigenvalue weighted by Gasteiger charge is -2.08. The summed E-state index contributed by atoms with van der Waals surface area (Å²) in [5.41, 5.74) is 6.97. The molecule has 0 aliphatic carbocycles. The van der Waals surface area contributed by atoms with E-state index in [1.54, 1.807) is 13.0 Å². The van der Waals surface area contributed by atoms with Crippen LogP contribution in [0.15, 0.2) is 6.07 Å². The van der Waals surface area contributed by atoms with Crippen LogP contribution in [0.5, 0.6) is 0 Å². The Labute approximate surface area is 93.9 Å². The van der Waals surface area contributed by atoms with Crippen LogP contribution in [0.3, 0.4) is 0 Å². The average Bonchev–Trinajstić information content (AvgIpc) is 2.44. The Bertz CT molecular complexity index is 421. The number of rotatable bonds is 5. The monoisotopic (exact) mass is 224 g/mol. The van der Waals surface area contributed by atoms with E-state index in [4.69, 9.17) is 10.8 Å². The van der Waals surface area contributed by atoms with E-state index in [0.29, 0.717) is 24.9 Å².